The van der Waals surface area contributed by atoms with E-state index in [9.17, 15) is 0 Å². The second kappa shape index (κ2) is 7.43. The maximum Gasteiger partial charge on any atom is 0.118 e. The molecular formula is C17H29N3O. The van der Waals surface area contributed by atoms with E-state index in [0.717, 1.165) is 37.2 Å². The third-order valence-corrected chi connectivity index (χ3v) is 4.73. The second-order valence-corrected chi connectivity index (χ2v) is 6.47. The van der Waals surface area contributed by atoms with Gasteiger partial charge in [-0.05, 0) is 57.5 Å². The highest BCUT2D eigenvalue weighted by atomic mass is 16.3. The molecular weight excluding hydrogens is 262 g/mol. The monoisotopic (exact) mass is 291 g/mol. The maximum atomic E-state index is 5.94. The molecule has 1 aromatic heterocycles. The number of furan rings is 1. The average molecular weight is 291 g/mol. The Morgan fingerprint density at radius 1 is 1.19 bits per heavy atom. The predicted octanol–water partition coefficient (Wildman–Crippen LogP) is 2.45. The third-order valence-electron chi connectivity index (χ3n) is 4.73. The van der Waals surface area contributed by atoms with Gasteiger partial charge in [0, 0.05) is 19.1 Å². The summed E-state index contributed by atoms with van der Waals surface area (Å²) in [7, 11) is 0. The minimum Gasteiger partial charge on any atom is -0.463 e. The first-order chi connectivity index (χ1) is 10.3. The van der Waals surface area contributed by atoms with E-state index < -0.39 is 0 Å². The van der Waals surface area contributed by atoms with Crippen LogP contribution in [0.4, 0.5) is 0 Å². The zero-order valence-electron chi connectivity index (χ0n) is 13.3. The van der Waals surface area contributed by atoms with Gasteiger partial charge in [-0.1, -0.05) is 6.92 Å². The predicted molar refractivity (Wildman–Crippen MR) is 85.2 cm³/mol. The fourth-order valence-electron chi connectivity index (χ4n) is 3.57. The molecule has 4 nitrogen and oxygen atoms in total. The summed E-state index contributed by atoms with van der Waals surface area (Å²) >= 11 is 0. The van der Waals surface area contributed by atoms with Crippen LogP contribution in [0.25, 0.3) is 0 Å². The Morgan fingerprint density at radius 3 is 2.81 bits per heavy atom. The Balaban J connectivity index is 1.44. The van der Waals surface area contributed by atoms with Crippen molar-refractivity contribution in [2.75, 3.05) is 32.7 Å². The summed E-state index contributed by atoms with van der Waals surface area (Å²) < 4.78 is 5.94. The number of nitrogens with zero attached hydrogens (tertiary/aromatic N) is 2. The number of likely N-dealkylation sites (tertiary alicyclic amines) is 2. The SMILES string of the molecule is CCCNCc1ccc(CN2CCC(N3CCCC3)C2)o1. The zero-order valence-corrected chi connectivity index (χ0v) is 13.3. The van der Waals surface area contributed by atoms with Gasteiger partial charge in [-0.2, -0.15) is 0 Å². The Labute approximate surface area is 128 Å². The molecule has 0 bridgehead atoms. The molecule has 3 rings (SSSR count). The summed E-state index contributed by atoms with van der Waals surface area (Å²) in [5.41, 5.74) is 0. The van der Waals surface area contributed by atoms with Gasteiger partial charge in [0.25, 0.3) is 0 Å². The Hall–Kier alpha value is -0.840. The van der Waals surface area contributed by atoms with Crippen molar-refractivity contribution in [2.45, 2.75) is 51.7 Å². The van der Waals surface area contributed by atoms with Crippen LogP contribution < -0.4 is 5.32 Å². The van der Waals surface area contributed by atoms with Crippen LogP contribution in [-0.2, 0) is 13.1 Å². The summed E-state index contributed by atoms with van der Waals surface area (Å²) in [5.74, 6) is 2.18. The van der Waals surface area contributed by atoms with Crippen molar-refractivity contribution >= 4 is 0 Å². The zero-order chi connectivity index (χ0) is 14.5. The van der Waals surface area contributed by atoms with Crippen LogP contribution in [0.15, 0.2) is 16.5 Å². The van der Waals surface area contributed by atoms with Gasteiger partial charge in [0.05, 0.1) is 13.1 Å². The molecule has 4 heteroatoms. The van der Waals surface area contributed by atoms with Crippen LogP contribution in [0.5, 0.6) is 0 Å². The van der Waals surface area contributed by atoms with Crippen LogP contribution in [0.2, 0.25) is 0 Å². The minimum atomic E-state index is 0.785. The molecule has 0 aliphatic carbocycles. The maximum absolute atomic E-state index is 5.94. The van der Waals surface area contributed by atoms with E-state index in [4.69, 9.17) is 4.42 Å². The molecule has 3 heterocycles. The summed E-state index contributed by atoms with van der Waals surface area (Å²) in [5, 5.41) is 3.39. The van der Waals surface area contributed by atoms with Crippen LogP contribution in [0.1, 0.15) is 44.1 Å². The standard InChI is InChI=1S/C17H29N3O/c1-2-8-18-12-16-5-6-17(21-16)14-19-11-7-15(13-19)20-9-3-4-10-20/h5-6,15,18H,2-4,7-14H2,1H3. The second-order valence-electron chi connectivity index (χ2n) is 6.47. The number of hydrogen-bond donors (Lipinski definition) is 1. The van der Waals surface area contributed by atoms with E-state index in [-0.39, 0.29) is 0 Å². The van der Waals surface area contributed by atoms with Crippen molar-refractivity contribution in [3.8, 4) is 0 Å². The molecule has 2 aliphatic heterocycles. The smallest absolute Gasteiger partial charge is 0.118 e. The molecule has 2 fully saturated rings. The molecule has 21 heavy (non-hydrogen) atoms. The molecule has 118 valence electrons. The van der Waals surface area contributed by atoms with Crippen LogP contribution >= 0.6 is 0 Å². The van der Waals surface area contributed by atoms with Crippen molar-refractivity contribution in [1.82, 2.24) is 15.1 Å². The van der Waals surface area contributed by atoms with Crippen molar-refractivity contribution in [3.63, 3.8) is 0 Å². The highest BCUT2D eigenvalue weighted by molar-refractivity contribution is 5.07. The first kappa shape index (κ1) is 15.1. The topological polar surface area (TPSA) is 31.6 Å². The van der Waals surface area contributed by atoms with Crippen LogP contribution in [0, 0.1) is 0 Å². The Bertz CT molecular complexity index is 425. The van der Waals surface area contributed by atoms with Gasteiger partial charge in [-0.25, -0.2) is 0 Å². The molecule has 1 atom stereocenters. The molecule has 2 aliphatic rings. The van der Waals surface area contributed by atoms with Gasteiger partial charge in [0.1, 0.15) is 11.5 Å². The molecule has 0 aromatic carbocycles. The molecule has 0 amide bonds. The van der Waals surface area contributed by atoms with Gasteiger partial charge < -0.3 is 9.73 Å². The highest BCUT2D eigenvalue weighted by Crippen LogP contribution is 2.22. The normalized spacial score (nSPS) is 24.1. The summed E-state index contributed by atoms with van der Waals surface area (Å²) in [6.07, 6.45) is 5.27. The summed E-state index contributed by atoms with van der Waals surface area (Å²) in [6.45, 7) is 10.1. The number of hydrogen-bond acceptors (Lipinski definition) is 4. The molecule has 0 radical (unpaired) electrons. The lowest BCUT2D eigenvalue weighted by Gasteiger charge is -2.23. The van der Waals surface area contributed by atoms with Crippen molar-refractivity contribution in [1.29, 1.82) is 0 Å². The van der Waals surface area contributed by atoms with E-state index in [2.05, 4.69) is 34.2 Å². The molecule has 1 unspecified atom stereocenters. The van der Waals surface area contributed by atoms with E-state index in [1.165, 1.54) is 51.9 Å². The van der Waals surface area contributed by atoms with Gasteiger partial charge in [-0.15, -0.1) is 0 Å². The molecule has 1 N–H and O–H groups in total. The minimum absolute atomic E-state index is 0.785. The average Bonchev–Trinajstić information content (AvgIpc) is 3.20. The first-order valence-corrected chi connectivity index (χ1v) is 8.60. The van der Waals surface area contributed by atoms with Gasteiger partial charge in [0.15, 0.2) is 0 Å². The van der Waals surface area contributed by atoms with Gasteiger partial charge in [0.2, 0.25) is 0 Å². The van der Waals surface area contributed by atoms with E-state index in [1.807, 2.05) is 0 Å². The largest absolute Gasteiger partial charge is 0.463 e. The Kier molecular flexibility index (Phi) is 5.33. The lowest BCUT2D eigenvalue weighted by Crippen LogP contribution is -2.35. The van der Waals surface area contributed by atoms with E-state index in [1.54, 1.807) is 0 Å². The molecule has 1 aromatic rings. The van der Waals surface area contributed by atoms with Crippen LogP contribution in [-0.4, -0.2) is 48.6 Å². The van der Waals surface area contributed by atoms with Crippen molar-refractivity contribution < 1.29 is 4.42 Å². The van der Waals surface area contributed by atoms with Gasteiger partial charge >= 0.3 is 0 Å². The lowest BCUT2D eigenvalue weighted by atomic mass is 10.2. The quantitative estimate of drug-likeness (QED) is 0.782. The first-order valence-electron chi connectivity index (χ1n) is 8.60. The Morgan fingerprint density at radius 2 is 2.00 bits per heavy atom. The van der Waals surface area contributed by atoms with Crippen LogP contribution in [0.3, 0.4) is 0 Å². The van der Waals surface area contributed by atoms with Crippen molar-refractivity contribution in [3.05, 3.63) is 23.7 Å². The van der Waals surface area contributed by atoms with Crippen molar-refractivity contribution in [2.24, 2.45) is 0 Å². The third kappa shape index (κ3) is 4.09. The lowest BCUT2D eigenvalue weighted by molar-refractivity contribution is 0.222. The highest BCUT2D eigenvalue weighted by Gasteiger charge is 2.29. The summed E-state index contributed by atoms with van der Waals surface area (Å²) in [4.78, 5) is 5.23. The molecule has 0 saturated carbocycles. The molecule has 0 spiro atoms. The van der Waals surface area contributed by atoms with Gasteiger partial charge in [-0.3, -0.25) is 9.80 Å². The van der Waals surface area contributed by atoms with E-state index >= 15 is 0 Å². The fraction of sp³-hybridized carbons (Fsp3) is 0.765. The number of rotatable bonds is 7. The number of nitrogens with one attached hydrogen (secondary N) is 1. The van der Waals surface area contributed by atoms with E-state index in [0.29, 0.717) is 0 Å². The molecule has 2 saturated heterocycles. The summed E-state index contributed by atoms with van der Waals surface area (Å²) in [6, 6.07) is 5.05. The fourth-order valence-corrected chi connectivity index (χ4v) is 3.57.